The van der Waals surface area contributed by atoms with Crippen molar-refractivity contribution in [2.24, 2.45) is 0 Å². The van der Waals surface area contributed by atoms with Gasteiger partial charge in [0.25, 0.3) is 0 Å². The summed E-state index contributed by atoms with van der Waals surface area (Å²) in [7, 11) is 1.61. The van der Waals surface area contributed by atoms with Crippen LogP contribution in [0.15, 0.2) is 34.8 Å². The maximum atomic E-state index is 11.0. The van der Waals surface area contributed by atoms with Crippen molar-refractivity contribution in [2.45, 2.75) is 6.10 Å². The molecular formula is C11H9BrO3. The topological polar surface area (TPSA) is 35.5 Å². The minimum atomic E-state index is -0.317. The molecule has 0 amide bonds. The lowest BCUT2D eigenvalue weighted by Crippen LogP contribution is -2.01. The zero-order valence-corrected chi connectivity index (χ0v) is 9.65. The van der Waals surface area contributed by atoms with E-state index in [1.54, 1.807) is 7.11 Å². The molecule has 1 aromatic rings. The van der Waals surface area contributed by atoms with Gasteiger partial charge in [0.15, 0.2) is 6.10 Å². The van der Waals surface area contributed by atoms with Gasteiger partial charge in [0.1, 0.15) is 5.75 Å². The molecule has 1 heterocycles. The van der Waals surface area contributed by atoms with Gasteiger partial charge in [-0.3, -0.25) is 0 Å². The highest BCUT2D eigenvalue weighted by atomic mass is 79.9. The summed E-state index contributed by atoms with van der Waals surface area (Å²) < 4.78 is 10.9. The molecule has 3 nitrogen and oxygen atoms in total. The molecule has 0 aliphatic carbocycles. The summed E-state index contributed by atoms with van der Waals surface area (Å²) in [6.45, 7) is 0. The van der Waals surface area contributed by atoms with E-state index in [2.05, 4.69) is 15.9 Å². The minimum Gasteiger partial charge on any atom is -0.497 e. The third-order valence-corrected chi connectivity index (χ3v) is 2.80. The Morgan fingerprint density at radius 2 is 2.00 bits per heavy atom. The molecule has 1 atom stereocenters. The van der Waals surface area contributed by atoms with Gasteiger partial charge >= 0.3 is 5.97 Å². The first-order valence-corrected chi connectivity index (χ1v) is 5.21. The van der Waals surface area contributed by atoms with Gasteiger partial charge in [0, 0.05) is 10.6 Å². The molecule has 0 aromatic heterocycles. The first-order valence-electron chi connectivity index (χ1n) is 4.42. The molecule has 15 heavy (non-hydrogen) atoms. The minimum absolute atomic E-state index is 0.316. The summed E-state index contributed by atoms with van der Waals surface area (Å²) in [5, 5.41) is 0. The van der Waals surface area contributed by atoms with Gasteiger partial charge in [-0.15, -0.1) is 0 Å². The van der Waals surface area contributed by atoms with Crippen molar-refractivity contribution >= 4 is 21.9 Å². The Balaban J connectivity index is 2.24. The molecule has 0 saturated carbocycles. The number of hydrogen-bond donors (Lipinski definition) is 0. The van der Waals surface area contributed by atoms with Gasteiger partial charge in [-0.2, -0.15) is 0 Å². The average molecular weight is 269 g/mol. The third kappa shape index (κ3) is 2.04. The van der Waals surface area contributed by atoms with Gasteiger partial charge in [0.05, 0.1) is 7.11 Å². The molecule has 78 valence electrons. The molecule has 0 spiro atoms. The van der Waals surface area contributed by atoms with Crippen LogP contribution < -0.4 is 4.74 Å². The fourth-order valence-corrected chi connectivity index (χ4v) is 1.95. The first-order chi connectivity index (χ1) is 7.20. The molecule has 0 fully saturated rings. The van der Waals surface area contributed by atoms with Crippen LogP contribution in [0.5, 0.6) is 5.75 Å². The second-order valence-electron chi connectivity index (χ2n) is 3.12. The van der Waals surface area contributed by atoms with Gasteiger partial charge in [0.2, 0.25) is 0 Å². The van der Waals surface area contributed by atoms with Crippen LogP contribution >= 0.6 is 15.9 Å². The monoisotopic (exact) mass is 268 g/mol. The van der Waals surface area contributed by atoms with E-state index in [0.717, 1.165) is 15.8 Å². The van der Waals surface area contributed by atoms with Crippen molar-refractivity contribution in [2.75, 3.05) is 7.11 Å². The maximum absolute atomic E-state index is 11.0. The summed E-state index contributed by atoms with van der Waals surface area (Å²) in [6, 6.07) is 7.41. The predicted molar refractivity (Wildman–Crippen MR) is 58.8 cm³/mol. The number of esters is 1. The first kappa shape index (κ1) is 10.2. The number of cyclic esters (lactones) is 1. The van der Waals surface area contributed by atoms with Crippen molar-refractivity contribution in [1.82, 2.24) is 0 Å². The van der Waals surface area contributed by atoms with Crippen molar-refractivity contribution in [3.8, 4) is 5.75 Å². The number of carbonyl (C=O) groups excluding carboxylic acids is 1. The Kier molecular flexibility index (Phi) is 2.77. The molecular weight excluding hydrogens is 260 g/mol. The summed E-state index contributed by atoms with van der Waals surface area (Å²) in [5.41, 5.74) is 0.921. The number of ether oxygens (including phenoxy) is 2. The molecule has 1 aliphatic rings. The number of hydrogen-bond acceptors (Lipinski definition) is 3. The summed E-state index contributed by atoms with van der Waals surface area (Å²) in [5.74, 6) is 0.464. The van der Waals surface area contributed by atoms with E-state index in [1.807, 2.05) is 24.3 Å². The van der Waals surface area contributed by atoms with Crippen LogP contribution in [0.25, 0.3) is 0 Å². The summed E-state index contributed by atoms with van der Waals surface area (Å²) in [4.78, 5) is 11.0. The Bertz CT molecular complexity index is 408. The number of rotatable bonds is 2. The van der Waals surface area contributed by atoms with Crippen LogP contribution in [-0.2, 0) is 9.53 Å². The highest BCUT2D eigenvalue weighted by Gasteiger charge is 2.25. The van der Waals surface area contributed by atoms with E-state index in [4.69, 9.17) is 9.47 Å². The standard InChI is InChI=1S/C11H9BrO3/c1-14-8-4-2-7(3-5-8)11-9(12)6-10(13)15-11/h2-6,11H,1H3. The van der Waals surface area contributed by atoms with E-state index in [9.17, 15) is 4.79 Å². The molecule has 0 radical (unpaired) electrons. The molecule has 4 heteroatoms. The van der Waals surface area contributed by atoms with Crippen molar-refractivity contribution in [3.05, 3.63) is 40.4 Å². The zero-order valence-electron chi connectivity index (χ0n) is 8.07. The van der Waals surface area contributed by atoms with Gasteiger partial charge in [-0.1, -0.05) is 28.1 Å². The van der Waals surface area contributed by atoms with Crippen LogP contribution in [0.1, 0.15) is 11.7 Å². The SMILES string of the molecule is COc1ccc(C2OC(=O)C=C2Br)cc1. The van der Waals surface area contributed by atoms with Gasteiger partial charge in [-0.05, 0) is 17.7 Å². The van der Waals surface area contributed by atoms with Crippen LogP contribution in [-0.4, -0.2) is 13.1 Å². The highest BCUT2D eigenvalue weighted by Crippen LogP contribution is 2.35. The predicted octanol–water partition coefficient (Wildman–Crippen LogP) is 2.57. The summed E-state index contributed by atoms with van der Waals surface area (Å²) in [6.07, 6.45) is 1.12. The highest BCUT2D eigenvalue weighted by molar-refractivity contribution is 9.11. The fourth-order valence-electron chi connectivity index (χ4n) is 1.40. The average Bonchev–Trinajstić information content (AvgIpc) is 2.58. The Labute approximate surface area is 95.8 Å². The second-order valence-corrected chi connectivity index (χ2v) is 4.03. The lowest BCUT2D eigenvalue weighted by atomic mass is 10.1. The van der Waals surface area contributed by atoms with Gasteiger partial charge < -0.3 is 9.47 Å². The van der Waals surface area contributed by atoms with Crippen LogP contribution in [0.4, 0.5) is 0 Å². The normalized spacial score (nSPS) is 19.7. The van der Waals surface area contributed by atoms with Crippen LogP contribution in [0.2, 0.25) is 0 Å². The van der Waals surface area contributed by atoms with E-state index in [-0.39, 0.29) is 12.1 Å². The van der Waals surface area contributed by atoms with Crippen molar-refractivity contribution in [3.63, 3.8) is 0 Å². The molecule has 1 aliphatic heterocycles. The molecule has 0 N–H and O–H groups in total. The number of methoxy groups -OCH3 is 1. The number of carbonyl (C=O) groups is 1. The smallest absolute Gasteiger partial charge is 0.332 e. The van der Waals surface area contributed by atoms with E-state index < -0.39 is 0 Å². The fraction of sp³-hybridized carbons (Fsp3) is 0.182. The molecule has 0 saturated heterocycles. The lowest BCUT2D eigenvalue weighted by molar-refractivity contribution is -0.138. The molecule has 1 unspecified atom stereocenters. The van der Waals surface area contributed by atoms with Crippen molar-refractivity contribution in [1.29, 1.82) is 0 Å². The molecule has 1 aromatic carbocycles. The van der Waals surface area contributed by atoms with E-state index >= 15 is 0 Å². The van der Waals surface area contributed by atoms with Crippen LogP contribution in [0.3, 0.4) is 0 Å². The maximum Gasteiger partial charge on any atom is 0.332 e. The van der Waals surface area contributed by atoms with Crippen LogP contribution in [0, 0.1) is 0 Å². The Morgan fingerprint density at radius 3 is 2.47 bits per heavy atom. The zero-order chi connectivity index (χ0) is 10.8. The lowest BCUT2D eigenvalue weighted by Gasteiger charge is -2.11. The number of halogens is 1. The molecule has 2 rings (SSSR count). The Morgan fingerprint density at radius 1 is 1.33 bits per heavy atom. The van der Waals surface area contributed by atoms with Crippen molar-refractivity contribution < 1.29 is 14.3 Å². The summed E-state index contributed by atoms with van der Waals surface area (Å²) >= 11 is 3.30. The van der Waals surface area contributed by atoms with E-state index in [1.165, 1.54) is 6.08 Å². The largest absolute Gasteiger partial charge is 0.497 e. The quantitative estimate of drug-likeness (QED) is 0.774. The number of benzene rings is 1. The van der Waals surface area contributed by atoms with E-state index in [0.29, 0.717) is 0 Å². The van der Waals surface area contributed by atoms with Gasteiger partial charge in [-0.25, -0.2) is 4.79 Å². The molecule has 0 bridgehead atoms. The second kappa shape index (κ2) is 4.06. The third-order valence-electron chi connectivity index (χ3n) is 2.16. The Hall–Kier alpha value is -1.29.